The highest BCUT2D eigenvalue weighted by Gasteiger charge is 2.13. The summed E-state index contributed by atoms with van der Waals surface area (Å²) in [6.45, 7) is 5.65. The summed E-state index contributed by atoms with van der Waals surface area (Å²) < 4.78 is 0. The van der Waals surface area contributed by atoms with Crippen LogP contribution in [0.15, 0.2) is 30.4 Å². The zero-order valence-corrected chi connectivity index (χ0v) is 8.70. The molecular weight excluding hydrogens is 188 g/mol. The van der Waals surface area contributed by atoms with Gasteiger partial charge in [-0.05, 0) is 19.4 Å². The maximum atomic E-state index is 9.74. The second-order valence-corrected chi connectivity index (χ2v) is 3.62. The Morgan fingerprint density at radius 3 is 2.87 bits per heavy atom. The molecule has 0 heterocycles. The molecule has 0 bridgehead atoms. The number of aromatic hydroxyl groups is 1. The SMILES string of the molecule is C=C(C)C[C@H](N)c1cccc(C#N)c1O. The van der Waals surface area contributed by atoms with Crippen LogP contribution >= 0.6 is 0 Å². The van der Waals surface area contributed by atoms with E-state index in [0.717, 1.165) is 5.57 Å². The van der Waals surface area contributed by atoms with Crippen LogP contribution in [-0.2, 0) is 0 Å². The second kappa shape index (κ2) is 4.63. The van der Waals surface area contributed by atoms with Crippen LogP contribution in [0, 0.1) is 11.3 Å². The Morgan fingerprint density at radius 1 is 1.67 bits per heavy atom. The van der Waals surface area contributed by atoms with Gasteiger partial charge in [0.25, 0.3) is 0 Å². The smallest absolute Gasteiger partial charge is 0.138 e. The Kier molecular flexibility index (Phi) is 3.48. The molecule has 0 aliphatic carbocycles. The molecule has 0 aliphatic heterocycles. The minimum atomic E-state index is -0.309. The molecule has 1 rings (SSSR count). The monoisotopic (exact) mass is 202 g/mol. The van der Waals surface area contributed by atoms with Gasteiger partial charge in [0, 0.05) is 11.6 Å². The highest BCUT2D eigenvalue weighted by molar-refractivity contribution is 5.48. The van der Waals surface area contributed by atoms with E-state index in [1.807, 2.05) is 13.0 Å². The predicted molar refractivity (Wildman–Crippen MR) is 59.2 cm³/mol. The maximum absolute atomic E-state index is 9.74. The Morgan fingerprint density at radius 2 is 2.33 bits per heavy atom. The molecule has 3 heteroatoms. The zero-order chi connectivity index (χ0) is 11.4. The minimum Gasteiger partial charge on any atom is -0.506 e. The Hall–Kier alpha value is -1.79. The molecule has 0 saturated carbocycles. The quantitative estimate of drug-likeness (QED) is 0.738. The number of nitriles is 1. The zero-order valence-electron chi connectivity index (χ0n) is 8.70. The molecule has 1 atom stereocenters. The van der Waals surface area contributed by atoms with Crippen LogP contribution in [0.1, 0.15) is 30.5 Å². The molecule has 3 nitrogen and oxygen atoms in total. The third kappa shape index (κ3) is 2.58. The number of nitrogens with two attached hydrogens (primary N) is 1. The molecule has 78 valence electrons. The molecule has 1 aromatic carbocycles. The van der Waals surface area contributed by atoms with Crippen LogP contribution in [0.25, 0.3) is 0 Å². The van der Waals surface area contributed by atoms with Crippen molar-refractivity contribution in [2.24, 2.45) is 5.73 Å². The van der Waals surface area contributed by atoms with E-state index in [1.54, 1.807) is 18.2 Å². The molecule has 0 aromatic heterocycles. The number of rotatable bonds is 3. The molecule has 0 fully saturated rings. The molecule has 15 heavy (non-hydrogen) atoms. The lowest BCUT2D eigenvalue weighted by Gasteiger charge is -2.13. The lowest BCUT2D eigenvalue weighted by Crippen LogP contribution is -2.10. The van der Waals surface area contributed by atoms with E-state index in [1.165, 1.54) is 0 Å². The molecule has 0 radical (unpaired) electrons. The summed E-state index contributed by atoms with van der Waals surface area (Å²) in [5, 5.41) is 18.5. The number of nitrogens with zero attached hydrogens (tertiary/aromatic N) is 1. The third-order valence-electron chi connectivity index (χ3n) is 2.16. The largest absolute Gasteiger partial charge is 0.506 e. The Labute approximate surface area is 89.5 Å². The van der Waals surface area contributed by atoms with Crippen LogP contribution in [0.2, 0.25) is 0 Å². The van der Waals surface area contributed by atoms with Crippen molar-refractivity contribution in [3.8, 4) is 11.8 Å². The molecule has 0 unspecified atom stereocenters. The van der Waals surface area contributed by atoms with E-state index < -0.39 is 0 Å². The first-order valence-corrected chi connectivity index (χ1v) is 4.68. The summed E-state index contributed by atoms with van der Waals surface area (Å²) in [5.41, 5.74) is 7.69. The minimum absolute atomic E-state index is 0.0197. The number of hydrogen-bond acceptors (Lipinski definition) is 3. The van der Waals surface area contributed by atoms with Gasteiger partial charge in [-0.2, -0.15) is 5.26 Å². The summed E-state index contributed by atoms with van der Waals surface area (Å²) in [6.07, 6.45) is 0.600. The summed E-state index contributed by atoms with van der Waals surface area (Å²) in [6, 6.07) is 6.61. The van der Waals surface area contributed by atoms with Crippen molar-refractivity contribution in [2.75, 3.05) is 0 Å². The highest BCUT2D eigenvalue weighted by Crippen LogP contribution is 2.29. The van der Waals surface area contributed by atoms with E-state index in [2.05, 4.69) is 6.58 Å². The maximum Gasteiger partial charge on any atom is 0.138 e. The van der Waals surface area contributed by atoms with E-state index >= 15 is 0 Å². The molecule has 1 aromatic rings. The number of benzene rings is 1. The van der Waals surface area contributed by atoms with E-state index in [-0.39, 0.29) is 17.4 Å². The Bertz CT molecular complexity index is 418. The van der Waals surface area contributed by atoms with Crippen molar-refractivity contribution in [1.29, 1.82) is 5.26 Å². The van der Waals surface area contributed by atoms with Gasteiger partial charge in [-0.25, -0.2) is 0 Å². The van der Waals surface area contributed by atoms with Crippen molar-refractivity contribution in [3.05, 3.63) is 41.5 Å². The van der Waals surface area contributed by atoms with Gasteiger partial charge >= 0.3 is 0 Å². The third-order valence-corrected chi connectivity index (χ3v) is 2.16. The Balaban J connectivity index is 3.05. The van der Waals surface area contributed by atoms with Crippen LogP contribution in [0.4, 0.5) is 0 Å². The number of para-hydroxylation sites is 1. The standard InChI is InChI=1S/C12H14N2O/c1-8(2)6-11(14)10-5-3-4-9(7-13)12(10)15/h3-5,11,15H,1,6,14H2,2H3/t11-/m0/s1. The molecule has 3 N–H and O–H groups in total. The van der Waals surface area contributed by atoms with E-state index in [4.69, 9.17) is 11.0 Å². The fourth-order valence-electron chi connectivity index (χ4n) is 1.44. The average molecular weight is 202 g/mol. The van der Waals surface area contributed by atoms with Gasteiger partial charge in [0.15, 0.2) is 0 Å². The van der Waals surface area contributed by atoms with Crippen molar-refractivity contribution < 1.29 is 5.11 Å². The number of phenols is 1. The number of hydrogen-bond donors (Lipinski definition) is 2. The van der Waals surface area contributed by atoms with Gasteiger partial charge in [-0.3, -0.25) is 0 Å². The molecular formula is C12H14N2O. The molecule has 0 spiro atoms. The normalized spacial score (nSPS) is 11.8. The van der Waals surface area contributed by atoms with E-state index in [9.17, 15) is 5.11 Å². The summed E-state index contributed by atoms with van der Waals surface area (Å²) >= 11 is 0. The van der Waals surface area contributed by atoms with Gasteiger partial charge < -0.3 is 10.8 Å². The van der Waals surface area contributed by atoms with Gasteiger partial charge in [0.2, 0.25) is 0 Å². The highest BCUT2D eigenvalue weighted by atomic mass is 16.3. The van der Waals surface area contributed by atoms with Crippen LogP contribution < -0.4 is 5.73 Å². The van der Waals surface area contributed by atoms with Crippen LogP contribution in [0.5, 0.6) is 5.75 Å². The van der Waals surface area contributed by atoms with Crippen molar-refractivity contribution in [1.82, 2.24) is 0 Å². The van der Waals surface area contributed by atoms with Crippen LogP contribution in [-0.4, -0.2) is 5.11 Å². The fraction of sp³-hybridized carbons (Fsp3) is 0.250. The van der Waals surface area contributed by atoms with E-state index in [0.29, 0.717) is 12.0 Å². The van der Waals surface area contributed by atoms with Gasteiger partial charge in [-0.1, -0.05) is 17.7 Å². The fourth-order valence-corrected chi connectivity index (χ4v) is 1.44. The first kappa shape index (κ1) is 11.3. The van der Waals surface area contributed by atoms with Gasteiger partial charge in [-0.15, -0.1) is 6.58 Å². The van der Waals surface area contributed by atoms with Gasteiger partial charge in [0.05, 0.1) is 5.56 Å². The predicted octanol–water partition coefficient (Wildman–Crippen LogP) is 2.23. The summed E-state index contributed by atoms with van der Waals surface area (Å²) in [7, 11) is 0. The van der Waals surface area contributed by atoms with Gasteiger partial charge in [0.1, 0.15) is 11.8 Å². The summed E-state index contributed by atoms with van der Waals surface area (Å²) in [4.78, 5) is 0. The van der Waals surface area contributed by atoms with Crippen LogP contribution in [0.3, 0.4) is 0 Å². The first-order chi connectivity index (χ1) is 7.06. The molecule has 0 aliphatic rings. The van der Waals surface area contributed by atoms with Crippen molar-refractivity contribution >= 4 is 0 Å². The van der Waals surface area contributed by atoms with Crippen molar-refractivity contribution in [3.63, 3.8) is 0 Å². The van der Waals surface area contributed by atoms with Crippen molar-refractivity contribution in [2.45, 2.75) is 19.4 Å². The summed E-state index contributed by atoms with van der Waals surface area (Å²) in [5.74, 6) is -0.0197. The average Bonchev–Trinajstić information content (AvgIpc) is 2.17. The second-order valence-electron chi connectivity index (χ2n) is 3.62. The first-order valence-electron chi connectivity index (χ1n) is 4.68. The lowest BCUT2D eigenvalue weighted by atomic mass is 9.98. The lowest BCUT2D eigenvalue weighted by molar-refractivity contribution is 0.459. The topological polar surface area (TPSA) is 70.0 Å². The molecule has 0 amide bonds. The molecule has 0 saturated heterocycles. The number of phenolic OH excluding ortho intramolecular Hbond substituents is 1.